The minimum Gasteiger partial charge on any atom is -0.378 e. The maximum Gasteiger partial charge on any atom is 0.152 e. The van der Waals surface area contributed by atoms with Crippen LogP contribution in [0.2, 0.25) is 15.2 Å². The Morgan fingerprint density at radius 2 is 1.72 bits per heavy atom. The summed E-state index contributed by atoms with van der Waals surface area (Å²) >= 11 is 21.2. The zero-order valence-corrected chi connectivity index (χ0v) is 12.9. The fourth-order valence-electron chi connectivity index (χ4n) is 1.46. The van der Waals surface area contributed by atoms with Crippen molar-refractivity contribution < 1.29 is 0 Å². The summed E-state index contributed by atoms with van der Waals surface area (Å²) in [5.74, 6) is 0. The normalized spacial score (nSPS) is 10.4. The second-order valence-electron chi connectivity index (χ2n) is 3.62. The van der Waals surface area contributed by atoms with Gasteiger partial charge in [0.25, 0.3) is 0 Å². The first-order valence-electron chi connectivity index (χ1n) is 5.04. The highest BCUT2D eigenvalue weighted by atomic mass is 79.9. The van der Waals surface area contributed by atoms with E-state index in [-0.39, 0.29) is 0 Å². The molecule has 0 bridgehead atoms. The number of aromatic nitrogens is 1. The Morgan fingerprint density at radius 1 is 1.06 bits per heavy atom. The Morgan fingerprint density at radius 3 is 2.39 bits per heavy atom. The van der Waals surface area contributed by atoms with Crippen molar-refractivity contribution in [2.24, 2.45) is 0 Å². The molecule has 2 aromatic rings. The summed E-state index contributed by atoms with van der Waals surface area (Å²) in [5, 5.41) is 4.82. The van der Waals surface area contributed by atoms with Gasteiger partial charge in [0.05, 0.1) is 5.69 Å². The van der Waals surface area contributed by atoms with E-state index in [2.05, 4.69) is 26.2 Å². The number of rotatable bonds is 3. The molecule has 0 radical (unpaired) electrons. The molecule has 18 heavy (non-hydrogen) atoms. The average molecular weight is 366 g/mol. The van der Waals surface area contributed by atoms with Gasteiger partial charge in [0.15, 0.2) is 5.15 Å². The molecule has 0 saturated heterocycles. The van der Waals surface area contributed by atoms with Crippen molar-refractivity contribution in [1.29, 1.82) is 0 Å². The van der Waals surface area contributed by atoms with Crippen molar-refractivity contribution in [2.75, 3.05) is 5.32 Å². The first-order valence-corrected chi connectivity index (χ1v) is 6.97. The topological polar surface area (TPSA) is 24.9 Å². The van der Waals surface area contributed by atoms with Gasteiger partial charge in [-0.1, -0.05) is 34.8 Å². The largest absolute Gasteiger partial charge is 0.378 e. The molecule has 0 aliphatic carbocycles. The monoisotopic (exact) mass is 364 g/mol. The molecule has 0 aliphatic heterocycles. The van der Waals surface area contributed by atoms with E-state index in [0.717, 1.165) is 15.7 Å². The molecular weight excluding hydrogens is 358 g/mol. The quantitative estimate of drug-likeness (QED) is 0.734. The van der Waals surface area contributed by atoms with Crippen LogP contribution in [0.1, 0.15) is 5.56 Å². The molecule has 94 valence electrons. The zero-order valence-electron chi connectivity index (χ0n) is 9.05. The Bertz CT molecular complexity index is 555. The second-order valence-corrected chi connectivity index (χ2v) is 5.77. The van der Waals surface area contributed by atoms with Gasteiger partial charge in [-0.2, -0.15) is 0 Å². The lowest BCUT2D eigenvalue weighted by atomic mass is 10.2. The van der Waals surface area contributed by atoms with E-state index in [1.54, 1.807) is 12.3 Å². The van der Waals surface area contributed by atoms with Crippen LogP contribution in [0.5, 0.6) is 0 Å². The molecule has 1 aromatic carbocycles. The summed E-state index contributed by atoms with van der Waals surface area (Å²) in [6.07, 6.45) is 1.64. The first-order chi connectivity index (χ1) is 8.54. The van der Waals surface area contributed by atoms with Gasteiger partial charge in [0.1, 0.15) is 0 Å². The van der Waals surface area contributed by atoms with Crippen molar-refractivity contribution in [3.63, 3.8) is 0 Å². The van der Waals surface area contributed by atoms with Crippen molar-refractivity contribution in [3.8, 4) is 0 Å². The molecule has 0 fully saturated rings. The molecule has 0 aliphatic rings. The Kier molecular flexibility index (Phi) is 4.73. The molecule has 0 saturated carbocycles. The number of pyridine rings is 1. The molecule has 0 atom stereocenters. The number of halogens is 4. The Labute approximate surface area is 128 Å². The second kappa shape index (κ2) is 6.11. The van der Waals surface area contributed by atoms with Gasteiger partial charge in [-0.25, -0.2) is 4.98 Å². The SMILES string of the molecule is Clc1cc(Cl)cc(CNc2cc(Br)cnc2Cl)c1. The minimum absolute atomic E-state index is 0.423. The van der Waals surface area contributed by atoms with Crippen LogP contribution in [0.25, 0.3) is 0 Å². The van der Waals surface area contributed by atoms with Gasteiger partial charge in [-0.3, -0.25) is 0 Å². The van der Waals surface area contributed by atoms with Crippen LogP contribution in [0.4, 0.5) is 5.69 Å². The molecule has 0 unspecified atom stereocenters. The third-order valence-electron chi connectivity index (χ3n) is 2.21. The van der Waals surface area contributed by atoms with Crippen molar-refractivity contribution in [2.45, 2.75) is 6.54 Å². The molecule has 6 heteroatoms. The van der Waals surface area contributed by atoms with Crippen LogP contribution in [0, 0.1) is 0 Å². The molecule has 2 nitrogen and oxygen atoms in total. The number of benzene rings is 1. The third-order valence-corrected chi connectivity index (χ3v) is 3.38. The fraction of sp³-hybridized carbons (Fsp3) is 0.0833. The lowest BCUT2D eigenvalue weighted by molar-refractivity contribution is 1.13. The molecule has 1 heterocycles. The van der Waals surface area contributed by atoms with E-state index >= 15 is 0 Å². The summed E-state index contributed by atoms with van der Waals surface area (Å²) in [4.78, 5) is 4.03. The van der Waals surface area contributed by atoms with E-state index in [0.29, 0.717) is 21.7 Å². The maximum atomic E-state index is 5.98. The predicted molar refractivity (Wildman–Crippen MR) is 80.7 cm³/mol. The van der Waals surface area contributed by atoms with Gasteiger partial charge in [-0.15, -0.1) is 0 Å². The maximum absolute atomic E-state index is 5.98. The standard InChI is InChI=1S/C12H8BrCl3N2/c13-8-3-11(12(16)18-6-8)17-5-7-1-9(14)4-10(15)2-7/h1-4,6,17H,5H2. The summed E-state index contributed by atoms with van der Waals surface area (Å²) in [7, 11) is 0. The van der Waals surface area contributed by atoms with Gasteiger partial charge >= 0.3 is 0 Å². The first kappa shape index (κ1) is 13.9. The Hall–Kier alpha value is -0.480. The van der Waals surface area contributed by atoms with Crippen LogP contribution in [0.15, 0.2) is 34.9 Å². The van der Waals surface area contributed by atoms with E-state index in [1.807, 2.05) is 18.2 Å². The minimum atomic E-state index is 0.423. The average Bonchev–Trinajstić information content (AvgIpc) is 2.29. The van der Waals surface area contributed by atoms with Crippen LogP contribution in [0.3, 0.4) is 0 Å². The van der Waals surface area contributed by atoms with Crippen molar-refractivity contribution in [3.05, 3.63) is 55.7 Å². The fourth-order valence-corrected chi connectivity index (χ4v) is 2.53. The van der Waals surface area contributed by atoms with E-state index < -0.39 is 0 Å². The smallest absolute Gasteiger partial charge is 0.152 e. The lowest BCUT2D eigenvalue weighted by Crippen LogP contribution is -2.00. The number of hydrogen-bond acceptors (Lipinski definition) is 2. The highest BCUT2D eigenvalue weighted by molar-refractivity contribution is 9.10. The summed E-state index contributed by atoms with van der Waals surface area (Å²) in [6.45, 7) is 0.568. The molecule has 2 rings (SSSR count). The van der Waals surface area contributed by atoms with Gasteiger partial charge in [-0.05, 0) is 45.8 Å². The number of nitrogens with one attached hydrogen (secondary N) is 1. The molecular formula is C12H8BrCl3N2. The van der Waals surface area contributed by atoms with Crippen molar-refractivity contribution >= 4 is 56.4 Å². The number of hydrogen-bond donors (Lipinski definition) is 1. The Balaban J connectivity index is 2.13. The summed E-state index contributed by atoms with van der Waals surface area (Å²) in [6, 6.07) is 7.25. The van der Waals surface area contributed by atoms with Crippen molar-refractivity contribution in [1.82, 2.24) is 4.98 Å². The third kappa shape index (κ3) is 3.75. The van der Waals surface area contributed by atoms with Gasteiger partial charge in [0.2, 0.25) is 0 Å². The lowest BCUT2D eigenvalue weighted by Gasteiger charge is -2.09. The summed E-state index contributed by atoms with van der Waals surface area (Å²) < 4.78 is 0.860. The van der Waals surface area contributed by atoms with Crippen LogP contribution < -0.4 is 5.32 Å². The molecule has 1 N–H and O–H groups in total. The van der Waals surface area contributed by atoms with E-state index in [9.17, 15) is 0 Å². The molecule has 1 aromatic heterocycles. The number of anilines is 1. The van der Waals surface area contributed by atoms with Crippen LogP contribution in [-0.4, -0.2) is 4.98 Å². The summed E-state index contributed by atoms with van der Waals surface area (Å²) in [5.41, 5.74) is 1.73. The molecule has 0 spiro atoms. The number of nitrogens with zero attached hydrogens (tertiary/aromatic N) is 1. The predicted octanol–water partition coefficient (Wildman–Crippen LogP) is 5.42. The van der Waals surface area contributed by atoms with Gasteiger partial charge in [0, 0.05) is 27.3 Å². The molecule has 0 amide bonds. The highest BCUT2D eigenvalue weighted by Crippen LogP contribution is 2.24. The van der Waals surface area contributed by atoms with Gasteiger partial charge < -0.3 is 5.32 Å². The highest BCUT2D eigenvalue weighted by Gasteiger charge is 2.03. The van der Waals surface area contributed by atoms with Crippen LogP contribution in [-0.2, 0) is 6.54 Å². The van der Waals surface area contributed by atoms with Crippen LogP contribution >= 0.6 is 50.7 Å². The van der Waals surface area contributed by atoms with E-state index in [1.165, 1.54) is 0 Å². The zero-order chi connectivity index (χ0) is 13.1. The van der Waals surface area contributed by atoms with E-state index in [4.69, 9.17) is 34.8 Å².